The Bertz CT molecular complexity index is 1010. The Hall–Kier alpha value is -2.83. The summed E-state index contributed by atoms with van der Waals surface area (Å²) in [5.74, 6) is 1.33. The van der Waals surface area contributed by atoms with Crippen LogP contribution in [0.5, 0.6) is 0 Å². The zero-order valence-electron chi connectivity index (χ0n) is 17.6. The van der Waals surface area contributed by atoms with Gasteiger partial charge in [-0.15, -0.1) is 0 Å². The first kappa shape index (κ1) is 20.4. The van der Waals surface area contributed by atoms with Crippen LogP contribution in [0, 0.1) is 13.8 Å². The van der Waals surface area contributed by atoms with Crippen LogP contribution in [0.1, 0.15) is 11.1 Å². The Morgan fingerprint density at radius 2 is 1.63 bits per heavy atom. The van der Waals surface area contributed by atoms with E-state index in [-0.39, 0.29) is 0 Å². The average molecular weight is 423 g/mol. The summed E-state index contributed by atoms with van der Waals surface area (Å²) in [6.07, 6.45) is 1.82. The van der Waals surface area contributed by atoms with Gasteiger partial charge in [-0.1, -0.05) is 11.6 Å². The third kappa shape index (κ3) is 4.83. The van der Waals surface area contributed by atoms with Crippen LogP contribution in [0.15, 0.2) is 48.7 Å². The molecule has 2 N–H and O–H groups in total. The summed E-state index contributed by atoms with van der Waals surface area (Å²) in [5, 5.41) is 7.42. The van der Waals surface area contributed by atoms with Gasteiger partial charge in [0.15, 0.2) is 0 Å². The normalized spacial score (nSPS) is 14.6. The van der Waals surface area contributed by atoms with Gasteiger partial charge in [-0.25, -0.2) is 4.98 Å². The van der Waals surface area contributed by atoms with E-state index < -0.39 is 0 Å². The molecule has 0 atom stereocenters. The number of rotatable bonds is 5. The number of hydrogen-bond acceptors (Lipinski definition) is 6. The molecule has 1 aliphatic rings. The number of aromatic nitrogens is 2. The van der Waals surface area contributed by atoms with Crippen molar-refractivity contribution in [3.05, 3.63) is 64.8 Å². The Balaban J connectivity index is 1.46. The fourth-order valence-corrected chi connectivity index (χ4v) is 3.70. The molecule has 1 fully saturated rings. The van der Waals surface area contributed by atoms with Crippen molar-refractivity contribution in [1.82, 2.24) is 14.9 Å². The minimum atomic E-state index is 0.557. The summed E-state index contributed by atoms with van der Waals surface area (Å²) in [5.41, 5.74) is 5.22. The number of piperazine rings is 1. The topological polar surface area (TPSA) is 56.3 Å². The number of likely N-dealkylation sites (N-methyl/N-ethyl adjacent to an activating group) is 1. The fourth-order valence-electron chi connectivity index (χ4n) is 3.47. The zero-order chi connectivity index (χ0) is 21.1. The van der Waals surface area contributed by atoms with Crippen LogP contribution in [0.4, 0.5) is 28.8 Å². The molecule has 1 aromatic heterocycles. The van der Waals surface area contributed by atoms with Crippen LogP contribution in [0.2, 0.25) is 5.02 Å². The van der Waals surface area contributed by atoms with Crippen LogP contribution in [-0.4, -0.2) is 48.1 Å². The smallest absolute Gasteiger partial charge is 0.229 e. The molecule has 0 radical (unpaired) electrons. The van der Waals surface area contributed by atoms with Gasteiger partial charge in [0.05, 0.1) is 0 Å². The molecule has 0 amide bonds. The summed E-state index contributed by atoms with van der Waals surface area (Å²) in [7, 11) is 2.17. The molecule has 30 heavy (non-hydrogen) atoms. The molecule has 2 heterocycles. The number of halogens is 1. The summed E-state index contributed by atoms with van der Waals surface area (Å²) < 4.78 is 0. The Labute approximate surface area is 182 Å². The molecule has 4 rings (SSSR count). The van der Waals surface area contributed by atoms with E-state index in [1.165, 1.54) is 5.69 Å². The van der Waals surface area contributed by atoms with Crippen molar-refractivity contribution in [3.63, 3.8) is 0 Å². The van der Waals surface area contributed by atoms with Crippen LogP contribution in [-0.2, 0) is 0 Å². The molecule has 0 bridgehead atoms. The van der Waals surface area contributed by atoms with Gasteiger partial charge in [0, 0.05) is 60.0 Å². The van der Waals surface area contributed by atoms with E-state index >= 15 is 0 Å². The van der Waals surface area contributed by atoms with Crippen molar-refractivity contribution < 1.29 is 0 Å². The van der Waals surface area contributed by atoms with Crippen LogP contribution in [0.3, 0.4) is 0 Å². The van der Waals surface area contributed by atoms with Gasteiger partial charge >= 0.3 is 0 Å². The van der Waals surface area contributed by atoms with E-state index in [1.807, 2.05) is 38.2 Å². The van der Waals surface area contributed by atoms with Crippen molar-refractivity contribution in [2.45, 2.75) is 13.8 Å². The highest BCUT2D eigenvalue weighted by atomic mass is 35.5. The molecular weight excluding hydrogens is 396 g/mol. The van der Waals surface area contributed by atoms with E-state index in [2.05, 4.69) is 61.7 Å². The van der Waals surface area contributed by atoms with Crippen molar-refractivity contribution in [3.8, 4) is 0 Å². The van der Waals surface area contributed by atoms with Crippen LogP contribution >= 0.6 is 11.6 Å². The average Bonchev–Trinajstić information content (AvgIpc) is 2.74. The monoisotopic (exact) mass is 422 g/mol. The first-order chi connectivity index (χ1) is 14.5. The van der Waals surface area contributed by atoms with Crippen molar-refractivity contribution in [2.24, 2.45) is 0 Å². The zero-order valence-corrected chi connectivity index (χ0v) is 18.4. The molecule has 3 aromatic rings. The molecule has 2 aromatic carbocycles. The highest BCUT2D eigenvalue weighted by Crippen LogP contribution is 2.26. The number of hydrogen-bond donors (Lipinski definition) is 2. The van der Waals surface area contributed by atoms with E-state index in [4.69, 9.17) is 11.6 Å². The first-order valence-electron chi connectivity index (χ1n) is 10.2. The fraction of sp³-hybridized carbons (Fsp3) is 0.304. The van der Waals surface area contributed by atoms with E-state index in [1.54, 1.807) is 0 Å². The third-order valence-corrected chi connectivity index (χ3v) is 5.64. The lowest BCUT2D eigenvalue weighted by Gasteiger charge is -2.34. The Kier molecular flexibility index (Phi) is 6.06. The van der Waals surface area contributed by atoms with Gasteiger partial charge in [0.1, 0.15) is 5.82 Å². The number of aryl methyl sites for hydroxylation is 2. The maximum absolute atomic E-state index is 6.07. The highest BCUT2D eigenvalue weighted by Gasteiger charge is 2.14. The summed E-state index contributed by atoms with van der Waals surface area (Å²) in [6, 6.07) is 14.2. The summed E-state index contributed by atoms with van der Waals surface area (Å²) in [4.78, 5) is 13.9. The van der Waals surface area contributed by atoms with Gasteiger partial charge in [-0.2, -0.15) is 4.98 Å². The van der Waals surface area contributed by atoms with E-state index in [0.29, 0.717) is 5.95 Å². The van der Waals surface area contributed by atoms with E-state index in [0.717, 1.165) is 59.5 Å². The second-order valence-electron chi connectivity index (χ2n) is 7.77. The standard InChI is InChI=1S/C23H27ClN6/c1-16-14-18(24)4-9-21(16)27-22-17(2)15-25-23(28-22)26-19-5-7-20(8-6-19)30-12-10-29(3)11-13-30/h4-9,14-15H,10-13H2,1-3H3,(H2,25,26,27,28). The van der Waals surface area contributed by atoms with Crippen LogP contribution < -0.4 is 15.5 Å². The first-order valence-corrected chi connectivity index (χ1v) is 10.5. The molecule has 6 nitrogen and oxygen atoms in total. The largest absolute Gasteiger partial charge is 0.369 e. The molecule has 0 aliphatic carbocycles. The van der Waals surface area contributed by atoms with Crippen molar-refractivity contribution in [2.75, 3.05) is 48.8 Å². The van der Waals surface area contributed by atoms with Gasteiger partial charge in [-0.3, -0.25) is 0 Å². The predicted molar refractivity (Wildman–Crippen MR) is 126 cm³/mol. The lowest BCUT2D eigenvalue weighted by atomic mass is 10.2. The quantitative estimate of drug-likeness (QED) is 0.604. The predicted octanol–water partition coefficient (Wildman–Crippen LogP) is 4.99. The molecule has 0 spiro atoms. The molecule has 7 heteroatoms. The molecule has 0 unspecified atom stereocenters. The Morgan fingerprint density at radius 3 is 2.33 bits per heavy atom. The summed E-state index contributed by atoms with van der Waals surface area (Å²) in [6.45, 7) is 8.32. The van der Waals surface area contributed by atoms with Crippen LogP contribution in [0.25, 0.3) is 0 Å². The maximum atomic E-state index is 6.07. The molecular formula is C23H27ClN6. The molecule has 1 saturated heterocycles. The SMILES string of the molecule is Cc1cc(Cl)ccc1Nc1nc(Nc2ccc(N3CCN(C)CC3)cc2)ncc1C. The minimum absolute atomic E-state index is 0.557. The lowest BCUT2D eigenvalue weighted by Crippen LogP contribution is -2.44. The third-order valence-electron chi connectivity index (χ3n) is 5.41. The minimum Gasteiger partial charge on any atom is -0.369 e. The highest BCUT2D eigenvalue weighted by molar-refractivity contribution is 6.30. The molecule has 1 aliphatic heterocycles. The second-order valence-corrected chi connectivity index (χ2v) is 8.21. The maximum Gasteiger partial charge on any atom is 0.229 e. The number of anilines is 5. The van der Waals surface area contributed by atoms with Crippen molar-refractivity contribution >= 4 is 40.4 Å². The van der Waals surface area contributed by atoms with E-state index in [9.17, 15) is 0 Å². The number of nitrogens with one attached hydrogen (secondary N) is 2. The van der Waals surface area contributed by atoms with Gasteiger partial charge in [0.25, 0.3) is 0 Å². The Morgan fingerprint density at radius 1 is 0.900 bits per heavy atom. The summed E-state index contributed by atoms with van der Waals surface area (Å²) >= 11 is 6.07. The van der Waals surface area contributed by atoms with Gasteiger partial charge in [-0.05, 0) is 68.9 Å². The number of nitrogens with zero attached hydrogens (tertiary/aromatic N) is 4. The number of benzene rings is 2. The lowest BCUT2D eigenvalue weighted by molar-refractivity contribution is 0.313. The van der Waals surface area contributed by atoms with Gasteiger partial charge < -0.3 is 20.4 Å². The molecule has 156 valence electrons. The second kappa shape index (κ2) is 8.90. The van der Waals surface area contributed by atoms with Gasteiger partial charge in [0.2, 0.25) is 5.95 Å². The molecule has 0 saturated carbocycles. The van der Waals surface area contributed by atoms with Crippen molar-refractivity contribution in [1.29, 1.82) is 0 Å².